The highest BCUT2D eigenvalue weighted by Gasteiger charge is 2.15. The van der Waals surface area contributed by atoms with E-state index < -0.39 is 5.76 Å². The number of hydrogen-bond acceptors (Lipinski definition) is 4. The fraction of sp³-hybridized carbons (Fsp3) is 0.130. The Labute approximate surface area is 167 Å². The van der Waals surface area contributed by atoms with Crippen molar-refractivity contribution < 1.29 is 13.9 Å². The number of oxazole rings is 1. The van der Waals surface area contributed by atoms with Crippen LogP contribution in [0.3, 0.4) is 0 Å². The van der Waals surface area contributed by atoms with E-state index in [1.165, 1.54) is 4.57 Å². The predicted octanol–water partition coefficient (Wildman–Crippen LogP) is 4.21. The SMILES string of the molecule is COc1ccccc1NC(=O)c1ccc2oc(=O)n(Cc3ccc(C)cc3)c2c1. The molecule has 4 aromatic rings. The van der Waals surface area contributed by atoms with Gasteiger partial charge in [-0.3, -0.25) is 9.36 Å². The van der Waals surface area contributed by atoms with E-state index in [4.69, 9.17) is 9.15 Å². The molecule has 146 valence electrons. The summed E-state index contributed by atoms with van der Waals surface area (Å²) in [4.78, 5) is 25.1. The molecular weight excluding hydrogens is 368 g/mol. The Bertz CT molecular complexity index is 1240. The number of nitrogens with one attached hydrogen (secondary N) is 1. The van der Waals surface area contributed by atoms with E-state index >= 15 is 0 Å². The van der Waals surface area contributed by atoms with Gasteiger partial charge in [0.15, 0.2) is 5.58 Å². The lowest BCUT2D eigenvalue weighted by molar-refractivity contribution is 0.102. The summed E-state index contributed by atoms with van der Waals surface area (Å²) in [6.07, 6.45) is 0. The van der Waals surface area contributed by atoms with Gasteiger partial charge >= 0.3 is 5.76 Å². The zero-order valence-electron chi connectivity index (χ0n) is 16.1. The van der Waals surface area contributed by atoms with Gasteiger partial charge in [0, 0.05) is 5.56 Å². The second-order valence-electron chi connectivity index (χ2n) is 6.78. The molecule has 6 nitrogen and oxygen atoms in total. The highest BCUT2D eigenvalue weighted by atomic mass is 16.5. The topological polar surface area (TPSA) is 73.5 Å². The summed E-state index contributed by atoms with van der Waals surface area (Å²) in [5.41, 5.74) is 4.13. The summed E-state index contributed by atoms with van der Waals surface area (Å²) in [7, 11) is 1.55. The average Bonchev–Trinajstić information content (AvgIpc) is 3.04. The molecule has 0 fully saturated rings. The zero-order chi connectivity index (χ0) is 20.4. The van der Waals surface area contributed by atoms with Crippen LogP contribution in [0.1, 0.15) is 21.5 Å². The Hall–Kier alpha value is -3.80. The summed E-state index contributed by atoms with van der Waals surface area (Å²) in [5.74, 6) is -0.184. The van der Waals surface area contributed by atoms with Gasteiger partial charge in [0.25, 0.3) is 5.91 Å². The molecule has 0 radical (unpaired) electrons. The number of methoxy groups -OCH3 is 1. The van der Waals surface area contributed by atoms with Crippen molar-refractivity contribution in [1.82, 2.24) is 4.57 Å². The van der Waals surface area contributed by atoms with Gasteiger partial charge in [0.2, 0.25) is 0 Å². The van der Waals surface area contributed by atoms with Gasteiger partial charge in [0.05, 0.1) is 24.9 Å². The number of aromatic nitrogens is 1. The first-order valence-corrected chi connectivity index (χ1v) is 9.18. The Balaban J connectivity index is 1.67. The van der Waals surface area contributed by atoms with Crippen LogP contribution >= 0.6 is 0 Å². The lowest BCUT2D eigenvalue weighted by Crippen LogP contribution is -2.16. The van der Waals surface area contributed by atoms with E-state index in [2.05, 4.69) is 5.32 Å². The van der Waals surface area contributed by atoms with E-state index in [0.29, 0.717) is 34.6 Å². The lowest BCUT2D eigenvalue weighted by atomic mass is 10.1. The van der Waals surface area contributed by atoms with Gasteiger partial charge in [-0.15, -0.1) is 0 Å². The summed E-state index contributed by atoms with van der Waals surface area (Å²) >= 11 is 0. The smallest absolute Gasteiger partial charge is 0.420 e. The van der Waals surface area contributed by atoms with Crippen molar-refractivity contribution in [1.29, 1.82) is 0 Å². The molecular formula is C23H20N2O4. The van der Waals surface area contributed by atoms with Crippen LogP contribution in [-0.4, -0.2) is 17.6 Å². The standard InChI is InChI=1S/C23H20N2O4/c1-15-7-9-16(10-8-15)14-25-19-13-17(11-12-21(19)29-23(25)27)22(26)24-18-5-3-4-6-20(18)28-2/h3-13H,14H2,1-2H3,(H,24,26). The van der Waals surface area contributed by atoms with Gasteiger partial charge in [-0.25, -0.2) is 4.79 Å². The summed E-state index contributed by atoms with van der Waals surface area (Å²) in [6, 6.07) is 20.0. The Morgan fingerprint density at radius 3 is 2.59 bits per heavy atom. The maximum Gasteiger partial charge on any atom is 0.420 e. The summed E-state index contributed by atoms with van der Waals surface area (Å²) < 4.78 is 12.1. The van der Waals surface area contributed by atoms with Crippen LogP contribution in [0.2, 0.25) is 0 Å². The number of fused-ring (bicyclic) bond motifs is 1. The van der Waals surface area contributed by atoms with Crippen molar-refractivity contribution in [2.75, 3.05) is 12.4 Å². The number of carbonyl (C=O) groups excluding carboxylic acids is 1. The monoisotopic (exact) mass is 388 g/mol. The normalized spacial score (nSPS) is 10.8. The van der Waals surface area contributed by atoms with Crippen molar-refractivity contribution in [3.05, 3.63) is 94.0 Å². The third-order valence-corrected chi connectivity index (χ3v) is 4.75. The van der Waals surface area contributed by atoms with Crippen LogP contribution in [0, 0.1) is 6.92 Å². The molecule has 0 aliphatic rings. The van der Waals surface area contributed by atoms with Crippen LogP contribution in [0.15, 0.2) is 75.9 Å². The fourth-order valence-corrected chi connectivity index (χ4v) is 3.17. The predicted molar refractivity (Wildman–Crippen MR) is 112 cm³/mol. The second kappa shape index (κ2) is 7.67. The molecule has 0 atom stereocenters. The summed E-state index contributed by atoms with van der Waals surface area (Å²) in [5, 5.41) is 2.84. The third-order valence-electron chi connectivity index (χ3n) is 4.75. The number of rotatable bonds is 5. The van der Waals surface area contributed by atoms with Crippen molar-refractivity contribution in [2.24, 2.45) is 0 Å². The molecule has 1 heterocycles. The van der Waals surface area contributed by atoms with E-state index in [-0.39, 0.29) is 5.91 Å². The van der Waals surface area contributed by atoms with E-state index in [0.717, 1.165) is 11.1 Å². The fourth-order valence-electron chi connectivity index (χ4n) is 3.17. The lowest BCUT2D eigenvalue weighted by Gasteiger charge is -2.10. The first-order chi connectivity index (χ1) is 14.0. The summed E-state index contributed by atoms with van der Waals surface area (Å²) in [6.45, 7) is 2.37. The maximum absolute atomic E-state index is 12.8. The minimum atomic E-state index is -0.456. The van der Waals surface area contributed by atoms with Crippen molar-refractivity contribution in [2.45, 2.75) is 13.5 Å². The molecule has 0 spiro atoms. The van der Waals surface area contributed by atoms with Gasteiger partial charge < -0.3 is 14.5 Å². The number of carbonyl (C=O) groups is 1. The number of ether oxygens (including phenoxy) is 1. The van der Waals surface area contributed by atoms with E-state index in [1.54, 1.807) is 37.4 Å². The van der Waals surface area contributed by atoms with Crippen LogP contribution in [0.4, 0.5) is 5.69 Å². The largest absolute Gasteiger partial charge is 0.495 e. The number of nitrogens with zero attached hydrogens (tertiary/aromatic N) is 1. The molecule has 1 aromatic heterocycles. The molecule has 0 bridgehead atoms. The van der Waals surface area contributed by atoms with Gasteiger partial charge in [0.1, 0.15) is 5.75 Å². The molecule has 0 saturated carbocycles. The number of amides is 1. The molecule has 0 aliphatic carbocycles. The maximum atomic E-state index is 12.8. The van der Waals surface area contributed by atoms with Crippen molar-refractivity contribution in [3.63, 3.8) is 0 Å². The first-order valence-electron chi connectivity index (χ1n) is 9.18. The molecule has 29 heavy (non-hydrogen) atoms. The number of benzene rings is 3. The average molecular weight is 388 g/mol. The van der Waals surface area contributed by atoms with Crippen LogP contribution in [0.5, 0.6) is 5.75 Å². The first kappa shape index (κ1) is 18.6. The molecule has 0 unspecified atom stereocenters. The highest BCUT2D eigenvalue weighted by molar-refractivity contribution is 6.06. The number of para-hydroxylation sites is 2. The molecule has 0 saturated heterocycles. The number of anilines is 1. The minimum absolute atomic E-state index is 0.299. The van der Waals surface area contributed by atoms with Crippen molar-refractivity contribution >= 4 is 22.7 Å². The molecule has 1 amide bonds. The Morgan fingerprint density at radius 1 is 1.07 bits per heavy atom. The van der Waals surface area contributed by atoms with E-state index in [9.17, 15) is 9.59 Å². The van der Waals surface area contributed by atoms with Gasteiger partial charge in [-0.2, -0.15) is 0 Å². The highest BCUT2D eigenvalue weighted by Crippen LogP contribution is 2.24. The minimum Gasteiger partial charge on any atom is -0.495 e. The quantitative estimate of drug-likeness (QED) is 0.556. The second-order valence-corrected chi connectivity index (χ2v) is 6.78. The molecule has 1 N–H and O–H groups in total. The molecule has 3 aromatic carbocycles. The number of hydrogen-bond donors (Lipinski definition) is 1. The van der Waals surface area contributed by atoms with Gasteiger partial charge in [-0.1, -0.05) is 42.0 Å². The van der Waals surface area contributed by atoms with E-state index in [1.807, 2.05) is 43.3 Å². The molecule has 4 rings (SSSR count). The van der Waals surface area contributed by atoms with Gasteiger partial charge in [-0.05, 0) is 42.8 Å². The van der Waals surface area contributed by atoms with Crippen molar-refractivity contribution in [3.8, 4) is 5.75 Å². The van der Waals surface area contributed by atoms with Crippen LogP contribution in [-0.2, 0) is 6.54 Å². The Morgan fingerprint density at radius 2 is 1.83 bits per heavy atom. The van der Waals surface area contributed by atoms with Crippen LogP contribution in [0.25, 0.3) is 11.1 Å². The Kier molecular flexibility index (Phi) is 4.91. The molecule has 6 heteroatoms. The number of aryl methyl sites for hydroxylation is 1. The third kappa shape index (κ3) is 3.78. The molecule has 0 aliphatic heterocycles. The van der Waals surface area contributed by atoms with Crippen LogP contribution < -0.4 is 15.8 Å². The zero-order valence-corrected chi connectivity index (χ0v) is 16.1.